The van der Waals surface area contributed by atoms with E-state index in [0.717, 1.165) is 13.2 Å². The van der Waals surface area contributed by atoms with Gasteiger partial charge in [-0.15, -0.1) is 11.3 Å². The number of rotatable bonds is 5. The lowest BCUT2D eigenvalue weighted by atomic mass is 9.92. The number of likely N-dealkylation sites (N-methyl/N-ethyl adjacent to an activating group) is 1. The fourth-order valence-corrected chi connectivity index (χ4v) is 3.61. The highest BCUT2D eigenvalue weighted by Gasteiger charge is 2.29. The molecule has 102 valence electrons. The first-order valence-electron chi connectivity index (χ1n) is 6.77. The Balaban J connectivity index is 2.02. The van der Waals surface area contributed by atoms with Crippen molar-refractivity contribution in [1.29, 1.82) is 0 Å². The highest BCUT2D eigenvalue weighted by Crippen LogP contribution is 2.29. The molecule has 3 unspecified atom stereocenters. The Morgan fingerprint density at radius 2 is 2.44 bits per heavy atom. The Labute approximate surface area is 114 Å². The van der Waals surface area contributed by atoms with Crippen molar-refractivity contribution in [1.82, 2.24) is 4.90 Å². The third-order valence-corrected chi connectivity index (χ3v) is 5.11. The summed E-state index contributed by atoms with van der Waals surface area (Å²) in [5.41, 5.74) is 6.00. The summed E-state index contributed by atoms with van der Waals surface area (Å²) in [6.45, 7) is 4.75. The SMILES string of the molecule is CC(c1cccs1)N(C)C(CN)C1CCCOC1. The molecule has 0 radical (unpaired) electrons. The lowest BCUT2D eigenvalue weighted by molar-refractivity contribution is 0.00917. The van der Waals surface area contributed by atoms with Gasteiger partial charge in [0.15, 0.2) is 0 Å². The number of nitrogens with two attached hydrogens (primary N) is 1. The third kappa shape index (κ3) is 3.12. The molecule has 0 spiro atoms. The van der Waals surface area contributed by atoms with Gasteiger partial charge in [-0.05, 0) is 44.2 Å². The lowest BCUT2D eigenvalue weighted by Gasteiger charge is -2.38. The number of hydrogen-bond donors (Lipinski definition) is 1. The molecule has 0 aliphatic carbocycles. The summed E-state index contributed by atoms with van der Waals surface area (Å²) >= 11 is 1.82. The molecular weight excluding hydrogens is 244 g/mol. The van der Waals surface area contributed by atoms with Gasteiger partial charge in [-0.1, -0.05) is 6.07 Å². The van der Waals surface area contributed by atoms with E-state index in [-0.39, 0.29) is 0 Å². The van der Waals surface area contributed by atoms with E-state index in [2.05, 4.69) is 36.4 Å². The Hall–Kier alpha value is -0.420. The van der Waals surface area contributed by atoms with Crippen LogP contribution >= 0.6 is 11.3 Å². The second kappa shape index (κ2) is 6.66. The van der Waals surface area contributed by atoms with Crippen LogP contribution in [0.5, 0.6) is 0 Å². The van der Waals surface area contributed by atoms with Gasteiger partial charge in [0.1, 0.15) is 0 Å². The van der Waals surface area contributed by atoms with E-state index in [1.54, 1.807) is 0 Å². The van der Waals surface area contributed by atoms with E-state index in [4.69, 9.17) is 10.5 Å². The molecule has 0 bridgehead atoms. The molecule has 0 saturated carbocycles. The van der Waals surface area contributed by atoms with Crippen LogP contribution in [-0.2, 0) is 4.74 Å². The van der Waals surface area contributed by atoms with Crippen molar-refractivity contribution >= 4 is 11.3 Å². The smallest absolute Gasteiger partial charge is 0.0509 e. The van der Waals surface area contributed by atoms with E-state index in [9.17, 15) is 0 Å². The summed E-state index contributed by atoms with van der Waals surface area (Å²) in [6, 6.07) is 5.17. The van der Waals surface area contributed by atoms with Crippen molar-refractivity contribution in [3.63, 3.8) is 0 Å². The van der Waals surface area contributed by atoms with Crippen LogP contribution in [0.1, 0.15) is 30.7 Å². The molecule has 0 aromatic carbocycles. The molecule has 1 fully saturated rings. The molecular formula is C14H24N2OS. The molecule has 2 heterocycles. The largest absolute Gasteiger partial charge is 0.381 e. The normalized spacial score (nSPS) is 24.1. The van der Waals surface area contributed by atoms with Gasteiger partial charge in [-0.25, -0.2) is 0 Å². The molecule has 1 aromatic heterocycles. The van der Waals surface area contributed by atoms with Crippen molar-refractivity contribution in [2.45, 2.75) is 31.8 Å². The summed E-state index contributed by atoms with van der Waals surface area (Å²) in [5.74, 6) is 0.580. The zero-order chi connectivity index (χ0) is 13.0. The van der Waals surface area contributed by atoms with Crippen LogP contribution in [0, 0.1) is 5.92 Å². The Kier molecular flexibility index (Phi) is 5.18. The standard InChI is InChI=1S/C14H24N2OS/c1-11(14-6-4-8-18-14)16(2)13(9-15)12-5-3-7-17-10-12/h4,6,8,11-13H,3,5,7,9-10,15H2,1-2H3. The van der Waals surface area contributed by atoms with Crippen LogP contribution in [-0.4, -0.2) is 37.7 Å². The monoisotopic (exact) mass is 268 g/mol. The van der Waals surface area contributed by atoms with E-state index in [1.807, 2.05) is 11.3 Å². The van der Waals surface area contributed by atoms with Crippen LogP contribution in [0.15, 0.2) is 17.5 Å². The molecule has 1 aliphatic heterocycles. The molecule has 18 heavy (non-hydrogen) atoms. The zero-order valence-corrected chi connectivity index (χ0v) is 12.2. The summed E-state index contributed by atoms with van der Waals surface area (Å²) in [7, 11) is 2.19. The maximum Gasteiger partial charge on any atom is 0.0509 e. The topological polar surface area (TPSA) is 38.5 Å². The number of ether oxygens (including phenoxy) is 1. The fraction of sp³-hybridized carbons (Fsp3) is 0.714. The van der Waals surface area contributed by atoms with Crippen LogP contribution in [0.25, 0.3) is 0 Å². The van der Waals surface area contributed by atoms with Crippen molar-refractivity contribution < 1.29 is 4.74 Å². The fourth-order valence-electron chi connectivity index (χ4n) is 2.78. The predicted molar refractivity (Wildman–Crippen MR) is 76.9 cm³/mol. The third-order valence-electron chi connectivity index (χ3n) is 4.07. The van der Waals surface area contributed by atoms with Crippen molar-refractivity contribution in [3.05, 3.63) is 22.4 Å². The number of thiophene rings is 1. The molecule has 3 atom stereocenters. The van der Waals surface area contributed by atoms with Gasteiger partial charge in [-0.3, -0.25) is 4.90 Å². The quantitative estimate of drug-likeness (QED) is 0.891. The lowest BCUT2D eigenvalue weighted by Crippen LogP contribution is -2.47. The summed E-state index contributed by atoms with van der Waals surface area (Å²) < 4.78 is 5.61. The molecule has 2 N–H and O–H groups in total. The minimum atomic E-state index is 0.419. The Bertz CT molecular complexity index is 336. The second-order valence-corrected chi connectivity index (χ2v) is 6.12. The minimum Gasteiger partial charge on any atom is -0.381 e. The Morgan fingerprint density at radius 1 is 1.61 bits per heavy atom. The van der Waals surface area contributed by atoms with Gasteiger partial charge >= 0.3 is 0 Å². The van der Waals surface area contributed by atoms with Crippen LogP contribution in [0.3, 0.4) is 0 Å². The first kappa shape index (κ1) is 14.0. The van der Waals surface area contributed by atoms with Gasteiger partial charge in [0.2, 0.25) is 0 Å². The van der Waals surface area contributed by atoms with Gasteiger partial charge in [0.25, 0.3) is 0 Å². The van der Waals surface area contributed by atoms with Gasteiger partial charge < -0.3 is 10.5 Å². The Morgan fingerprint density at radius 3 is 3.00 bits per heavy atom. The van der Waals surface area contributed by atoms with Gasteiger partial charge in [0.05, 0.1) is 6.61 Å². The first-order chi connectivity index (χ1) is 8.74. The average Bonchev–Trinajstić information content (AvgIpc) is 2.94. The molecule has 1 saturated heterocycles. The predicted octanol–water partition coefficient (Wildman–Crippen LogP) is 2.49. The van der Waals surface area contributed by atoms with Gasteiger partial charge in [-0.2, -0.15) is 0 Å². The van der Waals surface area contributed by atoms with Crippen molar-refractivity contribution in [3.8, 4) is 0 Å². The molecule has 4 heteroatoms. The van der Waals surface area contributed by atoms with E-state index >= 15 is 0 Å². The maximum absolute atomic E-state index is 6.00. The molecule has 0 amide bonds. The highest BCUT2D eigenvalue weighted by molar-refractivity contribution is 7.10. The summed E-state index contributed by atoms with van der Waals surface area (Å²) in [6.07, 6.45) is 2.41. The van der Waals surface area contributed by atoms with Crippen molar-refractivity contribution in [2.75, 3.05) is 26.8 Å². The number of hydrogen-bond acceptors (Lipinski definition) is 4. The van der Waals surface area contributed by atoms with Gasteiger partial charge in [0, 0.05) is 30.1 Å². The first-order valence-corrected chi connectivity index (χ1v) is 7.65. The maximum atomic E-state index is 6.00. The summed E-state index contributed by atoms with van der Waals surface area (Å²) in [5, 5.41) is 2.14. The summed E-state index contributed by atoms with van der Waals surface area (Å²) in [4.78, 5) is 3.83. The second-order valence-electron chi connectivity index (χ2n) is 5.14. The molecule has 3 nitrogen and oxygen atoms in total. The van der Waals surface area contributed by atoms with Crippen LogP contribution in [0.4, 0.5) is 0 Å². The van der Waals surface area contributed by atoms with Crippen LogP contribution < -0.4 is 5.73 Å². The zero-order valence-electron chi connectivity index (χ0n) is 11.3. The molecule has 1 aliphatic rings. The van der Waals surface area contributed by atoms with E-state index in [0.29, 0.717) is 24.5 Å². The van der Waals surface area contributed by atoms with Crippen molar-refractivity contribution in [2.24, 2.45) is 11.7 Å². The minimum absolute atomic E-state index is 0.419. The van der Waals surface area contributed by atoms with E-state index < -0.39 is 0 Å². The highest BCUT2D eigenvalue weighted by atomic mass is 32.1. The van der Waals surface area contributed by atoms with E-state index in [1.165, 1.54) is 17.7 Å². The molecule has 1 aromatic rings. The number of nitrogens with zero attached hydrogens (tertiary/aromatic N) is 1. The molecule has 2 rings (SSSR count). The van der Waals surface area contributed by atoms with Crippen LogP contribution in [0.2, 0.25) is 0 Å². The average molecular weight is 268 g/mol.